The molecular weight excluding hydrogens is 208 g/mol. The van der Waals surface area contributed by atoms with E-state index in [-0.39, 0.29) is 36.3 Å². The molecule has 4 nitrogen and oxygen atoms in total. The monoisotopic (exact) mass is 209 g/mol. The van der Waals surface area contributed by atoms with E-state index in [0.29, 0.717) is 0 Å². The minimum Gasteiger partial charge on any atom is -0.443 e. The van der Waals surface area contributed by atoms with Gasteiger partial charge in [0, 0.05) is 36.3 Å². The molecule has 8 heavy (non-hydrogen) atoms. The van der Waals surface area contributed by atoms with Crippen molar-refractivity contribution in [2.45, 2.75) is 0 Å². The van der Waals surface area contributed by atoms with Crippen molar-refractivity contribution in [3.8, 4) is 12.5 Å². The van der Waals surface area contributed by atoms with Crippen molar-refractivity contribution in [2.24, 2.45) is 0 Å². The summed E-state index contributed by atoms with van der Waals surface area (Å²) < 4.78 is 0. The van der Waals surface area contributed by atoms with Gasteiger partial charge in [0.25, 0.3) is 12.5 Å². The first kappa shape index (κ1) is 25.2. The van der Waals surface area contributed by atoms with Crippen LogP contribution in [-0.4, -0.2) is 10.2 Å². The number of aliphatic hydroxyl groups is 2. The Balaban J connectivity index is -0.0000000160. The summed E-state index contributed by atoms with van der Waals surface area (Å²) in [5, 5.41) is 27.5. The van der Waals surface area contributed by atoms with E-state index < -0.39 is 0 Å². The molecule has 0 unspecified atom stereocenters. The minimum absolute atomic E-state index is 0. The molecule has 0 atom stereocenters. The van der Waals surface area contributed by atoms with Crippen LogP contribution in [0.1, 0.15) is 0 Å². The molecule has 0 aromatic carbocycles. The van der Waals surface area contributed by atoms with E-state index in [9.17, 15) is 0 Å². The summed E-state index contributed by atoms with van der Waals surface area (Å²) in [6.45, 7) is 0. The topological polar surface area (TPSA) is 88.0 Å². The fourth-order valence-corrected chi connectivity index (χ4v) is 0. The summed E-state index contributed by atoms with van der Waals surface area (Å²) in [7, 11) is 0. The van der Waals surface area contributed by atoms with E-state index in [1.807, 2.05) is 0 Å². The molecule has 0 aliphatic rings. The van der Waals surface area contributed by atoms with Gasteiger partial charge in [0.1, 0.15) is 0 Å². The SMILES string of the molecule is N#CO.N#CO.[Co].[Zn]. The summed E-state index contributed by atoms with van der Waals surface area (Å²) >= 11 is 0. The van der Waals surface area contributed by atoms with Gasteiger partial charge < -0.3 is 10.2 Å². The summed E-state index contributed by atoms with van der Waals surface area (Å²) in [4.78, 5) is 0. The molecule has 0 saturated heterocycles. The number of hydrogen-bond donors (Lipinski definition) is 2. The largest absolute Gasteiger partial charge is 0.443 e. The maximum absolute atomic E-state index is 6.88. The zero-order chi connectivity index (χ0) is 5.41. The second kappa shape index (κ2) is 74.8. The molecule has 6 heteroatoms. The van der Waals surface area contributed by atoms with E-state index in [1.54, 1.807) is 0 Å². The van der Waals surface area contributed by atoms with Crippen LogP contribution >= 0.6 is 0 Å². The Morgan fingerprint density at radius 2 is 1.00 bits per heavy atom. The molecule has 2 N–H and O–H groups in total. The Morgan fingerprint density at radius 3 is 1.00 bits per heavy atom. The van der Waals surface area contributed by atoms with Gasteiger partial charge >= 0.3 is 0 Å². The summed E-state index contributed by atoms with van der Waals surface area (Å²) in [6.07, 6.45) is 1.50. The third-order valence-electron chi connectivity index (χ3n) is 0. The maximum atomic E-state index is 6.88. The van der Waals surface area contributed by atoms with Gasteiger partial charge in [0.15, 0.2) is 0 Å². The Bertz CT molecular complexity index is 73.0. The molecule has 0 fully saturated rings. The first-order valence-corrected chi connectivity index (χ1v) is 0.894. The van der Waals surface area contributed by atoms with Crippen molar-refractivity contribution in [2.75, 3.05) is 0 Å². The van der Waals surface area contributed by atoms with E-state index >= 15 is 0 Å². The van der Waals surface area contributed by atoms with Gasteiger partial charge in [-0.1, -0.05) is 0 Å². The van der Waals surface area contributed by atoms with Gasteiger partial charge in [0.05, 0.1) is 0 Å². The van der Waals surface area contributed by atoms with Crippen molar-refractivity contribution >= 4 is 0 Å². The van der Waals surface area contributed by atoms with E-state index in [0.717, 1.165) is 12.5 Å². The average molecular weight is 210 g/mol. The number of nitrogens with zero attached hydrogens (tertiary/aromatic N) is 2. The molecule has 1 radical (unpaired) electrons. The predicted octanol–water partition coefficient (Wildman–Crippen LogP) is -0.325. The van der Waals surface area contributed by atoms with Crippen LogP contribution in [0, 0.1) is 23.0 Å². The van der Waals surface area contributed by atoms with Crippen molar-refractivity contribution in [1.29, 1.82) is 10.5 Å². The summed E-state index contributed by atoms with van der Waals surface area (Å²) in [5.74, 6) is 0. The van der Waals surface area contributed by atoms with Crippen molar-refractivity contribution in [3.05, 3.63) is 0 Å². The zero-order valence-electron chi connectivity index (χ0n) is 3.83. The van der Waals surface area contributed by atoms with Gasteiger partial charge in [-0.3, -0.25) is 0 Å². The molecule has 0 spiro atoms. The second-order valence-corrected chi connectivity index (χ2v) is 0.200. The number of nitriles is 2. The van der Waals surface area contributed by atoms with Gasteiger partial charge in [-0.2, -0.15) is 10.5 Å². The molecule has 0 aromatic heterocycles. The quantitative estimate of drug-likeness (QED) is 0.423. The number of rotatable bonds is 0. The average Bonchev–Trinajstić information content (AvgIpc) is 1.39. The molecule has 0 amide bonds. The van der Waals surface area contributed by atoms with Gasteiger partial charge in [-0.05, 0) is 0 Å². The van der Waals surface area contributed by atoms with Crippen LogP contribution in [0.25, 0.3) is 0 Å². The van der Waals surface area contributed by atoms with Crippen LogP contribution in [0.3, 0.4) is 0 Å². The van der Waals surface area contributed by atoms with Gasteiger partial charge in [0.2, 0.25) is 0 Å². The first-order chi connectivity index (χ1) is 2.83. The van der Waals surface area contributed by atoms with E-state index in [4.69, 9.17) is 20.7 Å². The first-order valence-electron chi connectivity index (χ1n) is 0.894. The Hall–Kier alpha value is -0.290. The Morgan fingerprint density at radius 1 is 1.00 bits per heavy atom. The fourth-order valence-electron chi connectivity index (χ4n) is 0. The molecule has 0 rings (SSSR count). The zero-order valence-corrected chi connectivity index (χ0v) is 7.84. The van der Waals surface area contributed by atoms with Gasteiger partial charge in [-0.25, -0.2) is 0 Å². The smallest absolute Gasteiger partial charge is 0.283 e. The van der Waals surface area contributed by atoms with Crippen LogP contribution in [0.2, 0.25) is 0 Å². The molecule has 0 aliphatic heterocycles. The summed E-state index contributed by atoms with van der Waals surface area (Å²) in [6, 6.07) is 0. The molecule has 0 saturated carbocycles. The fraction of sp³-hybridized carbons (Fsp3) is 0. The molecule has 0 bridgehead atoms. The summed E-state index contributed by atoms with van der Waals surface area (Å²) in [5.41, 5.74) is 0. The molecule has 0 aliphatic carbocycles. The predicted molar refractivity (Wildman–Crippen MR) is 15.1 cm³/mol. The number of aliphatic hydroxyl groups excluding tert-OH is 2. The normalized spacial score (nSPS) is 1.75. The Labute approximate surface area is 69.7 Å². The van der Waals surface area contributed by atoms with Crippen LogP contribution in [0.5, 0.6) is 0 Å². The third kappa shape index (κ3) is 1500. The Kier molecular flexibility index (Phi) is 236. The van der Waals surface area contributed by atoms with E-state index in [1.165, 1.54) is 0 Å². The van der Waals surface area contributed by atoms with Crippen LogP contribution < -0.4 is 0 Å². The minimum atomic E-state index is 0. The number of hydrogen-bond acceptors (Lipinski definition) is 4. The van der Waals surface area contributed by atoms with E-state index in [2.05, 4.69) is 0 Å². The molecular formula is C2H2CoN2O2Zn. The van der Waals surface area contributed by atoms with Crippen LogP contribution in [0.4, 0.5) is 0 Å². The van der Waals surface area contributed by atoms with Gasteiger partial charge in [-0.15, -0.1) is 0 Å². The second-order valence-electron chi connectivity index (χ2n) is 0.200. The van der Waals surface area contributed by atoms with Crippen LogP contribution in [0.15, 0.2) is 0 Å². The van der Waals surface area contributed by atoms with Crippen LogP contribution in [-0.2, 0) is 36.3 Å². The molecule has 0 heterocycles. The standard InChI is InChI=1S/2CHNO.Co.Zn/c2*2-1-3;;/h2*3H;;. The third-order valence-corrected chi connectivity index (χ3v) is 0. The van der Waals surface area contributed by atoms with Crippen molar-refractivity contribution < 1.29 is 46.5 Å². The van der Waals surface area contributed by atoms with Crippen molar-refractivity contribution in [3.63, 3.8) is 0 Å². The maximum Gasteiger partial charge on any atom is 0.283 e. The van der Waals surface area contributed by atoms with Crippen molar-refractivity contribution in [1.82, 2.24) is 0 Å². The molecule has 0 aromatic rings. The molecule has 43 valence electrons.